The summed E-state index contributed by atoms with van der Waals surface area (Å²) in [7, 11) is 0. The number of hydrogen-bond acceptors (Lipinski definition) is 2. The molecule has 0 aromatic heterocycles. The zero-order valence-electron chi connectivity index (χ0n) is 28.0. The molecule has 0 saturated heterocycles. The topological polar surface area (TPSA) is 18.5 Å². The van der Waals surface area contributed by atoms with Crippen LogP contribution in [0, 0.1) is 83.1 Å². The van der Waals surface area contributed by atoms with Gasteiger partial charge >= 0.3 is 0 Å². The Bertz CT molecular complexity index is 1880. The molecule has 0 atom stereocenters. The smallest absolute Gasteiger partial charge is 0.138 e. The molecule has 220 valence electrons. The van der Waals surface area contributed by atoms with Gasteiger partial charge in [-0.3, -0.25) is 0 Å². The number of rotatable bonds is 0. The van der Waals surface area contributed by atoms with Crippen molar-refractivity contribution in [2.75, 3.05) is 6.61 Å². The molecule has 43 heavy (non-hydrogen) atoms. The number of allylic oxidation sites excluding steroid dienone is 1. The average Bonchev–Trinajstić information content (AvgIpc) is 3.45. The standard InChI is InChI=1S/C41H44O2/c1-19-20(2)26(8)35-34(25(19)7)36-27(9)21(3)23(5)29(11)38(36)41(39-30(12)24(6)22(4)28(10)37(35)39)16-18-43-40-31-15-17-42-33(31)14-13-32(40)41/h13-14,16,18H,15,17H2,1-12H3. The molecule has 1 spiro atoms. The summed E-state index contributed by atoms with van der Waals surface area (Å²) >= 11 is 0. The fourth-order valence-electron chi connectivity index (χ4n) is 8.72. The van der Waals surface area contributed by atoms with E-state index in [1.54, 1.807) is 0 Å². The van der Waals surface area contributed by atoms with Gasteiger partial charge in [0.05, 0.1) is 18.3 Å². The summed E-state index contributed by atoms with van der Waals surface area (Å²) in [6, 6.07) is 4.50. The van der Waals surface area contributed by atoms with Crippen LogP contribution in [0.2, 0.25) is 0 Å². The summed E-state index contributed by atoms with van der Waals surface area (Å²) in [6.45, 7) is 28.7. The van der Waals surface area contributed by atoms with E-state index in [0.717, 1.165) is 17.9 Å². The van der Waals surface area contributed by atoms with Gasteiger partial charge < -0.3 is 9.47 Å². The first-order valence-electron chi connectivity index (χ1n) is 15.8. The first-order chi connectivity index (χ1) is 20.4. The van der Waals surface area contributed by atoms with Crippen LogP contribution in [0.4, 0.5) is 0 Å². The van der Waals surface area contributed by atoms with Crippen LogP contribution in [-0.2, 0) is 11.8 Å². The predicted molar refractivity (Wildman–Crippen MR) is 179 cm³/mol. The van der Waals surface area contributed by atoms with E-state index < -0.39 is 5.41 Å². The molecule has 0 bridgehead atoms. The van der Waals surface area contributed by atoms with E-state index in [9.17, 15) is 0 Å². The second-order valence-corrected chi connectivity index (χ2v) is 13.5. The molecule has 0 saturated carbocycles. The zero-order chi connectivity index (χ0) is 30.9. The van der Waals surface area contributed by atoms with Crippen LogP contribution in [0.3, 0.4) is 0 Å². The summed E-state index contributed by atoms with van der Waals surface area (Å²) in [5.41, 5.74) is 26.9. The summed E-state index contributed by atoms with van der Waals surface area (Å²) in [5, 5.41) is 0. The van der Waals surface area contributed by atoms with Crippen molar-refractivity contribution in [3.8, 4) is 33.8 Å². The van der Waals surface area contributed by atoms with E-state index in [0.29, 0.717) is 6.61 Å². The minimum Gasteiger partial charge on any atom is -0.493 e. The lowest BCUT2D eigenvalue weighted by molar-refractivity contribution is 0.356. The van der Waals surface area contributed by atoms with E-state index in [1.807, 2.05) is 6.26 Å². The van der Waals surface area contributed by atoms with Gasteiger partial charge in [-0.25, -0.2) is 0 Å². The number of ether oxygens (including phenoxy) is 2. The van der Waals surface area contributed by atoms with Crippen molar-refractivity contribution >= 4 is 0 Å². The molecule has 0 radical (unpaired) electrons. The highest BCUT2D eigenvalue weighted by Crippen LogP contribution is 2.62. The van der Waals surface area contributed by atoms with Crippen LogP contribution >= 0.6 is 0 Å². The van der Waals surface area contributed by atoms with Crippen LogP contribution in [0.15, 0.2) is 24.5 Å². The van der Waals surface area contributed by atoms with Gasteiger partial charge in [-0.05, 0) is 195 Å². The van der Waals surface area contributed by atoms with E-state index >= 15 is 0 Å². The van der Waals surface area contributed by atoms with Crippen LogP contribution < -0.4 is 9.47 Å². The highest BCUT2D eigenvalue weighted by Gasteiger charge is 2.49. The quantitative estimate of drug-likeness (QED) is 0.210. The van der Waals surface area contributed by atoms with Crippen molar-refractivity contribution in [1.29, 1.82) is 0 Å². The Morgan fingerprint density at radius 2 is 0.953 bits per heavy atom. The number of benzene rings is 4. The largest absolute Gasteiger partial charge is 0.493 e. The molecule has 0 N–H and O–H groups in total. The van der Waals surface area contributed by atoms with Crippen molar-refractivity contribution in [2.24, 2.45) is 0 Å². The number of fused-ring (bicyclic) bond motifs is 11. The Hall–Kier alpha value is -3.78. The van der Waals surface area contributed by atoms with Crippen LogP contribution in [0.1, 0.15) is 89.0 Å². The molecule has 4 aromatic carbocycles. The van der Waals surface area contributed by atoms with E-state index in [-0.39, 0.29) is 0 Å². The van der Waals surface area contributed by atoms with Crippen molar-refractivity contribution < 1.29 is 9.47 Å². The summed E-state index contributed by atoms with van der Waals surface area (Å²) in [6.07, 6.45) is 5.23. The predicted octanol–water partition coefficient (Wildman–Crippen LogP) is 10.2. The maximum atomic E-state index is 6.52. The maximum absolute atomic E-state index is 6.52. The molecule has 2 nitrogen and oxygen atoms in total. The van der Waals surface area contributed by atoms with Gasteiger partial charge in [0.15, 0.2) is 0 Å². The van der Waals surface area contributed by atoms with Gasteiger partial charge in [0.1, 0.15) is 11.5 Å². The van der Waals surface area contributed by atoms with Gasteiger partial charge in [0, 0.05) is 17.5 Å². The summed E-state index contributed by atoms with van der Waals surface area (Å²) in [4.78, 5) is 0. The lowest BCUT2D eigenvalue weighted by Crippen LogP contribution is -2.34. The second-order valence-electron chi connectivity index (χ2n) is 13.5. The van der Waals surface area contributed by atoms with Crippen molar-refractivity contribution in [1.82, 2.24) is 0 Å². The Balaban J connectivity index is 1.87. The van der Waals surface area contributed by atoms with Crippen LogP contribution in [0.25, 0.3) is 22.3 Å². The third-order valence-electron chi connectivity index (χ3n) is 12.1. The van der Waals surface area contributed by atoms with Gasteiger partial charge in [-0.2, -0.15) is 0 Å². The lowest BCUT2D eigenvalue weighted by Gasteiger charge is -2.41. The Kier molecular flexibility index (Phi) is 5.94. The number of hydrogen-bond donors (Lipinski definition) is 0. The minimum absolute atomic E-state index is 0.532. The average molecular weight is 569 g/mol. The molecule has 2 heteroatoms. The molecule has 0 unspecified atom stereocenters. The normalized spacial score (nSPS) is 15.3. The minimum atomic E-state index is -0.532. The van der Waals surface area contributed by atoms with Crippen molar-refractivity contribution in [2.45, 2.75) is 94.9 Å². The van der Waals surface area contributed by atoms with Gasteiger partial charge in [0.2, 0.25) is 0 Å². The Morgan fingerprint density at radius 3 is 1.44 bits per heavy atom. The van der Waals surface area contributed by atoms with Gasteiger partial charge in [-0.1, -0.05) is 6.07 Å². The second kappa shape index (κ2) is 9.11. The molecular weight excluding hydrogens is 524 g/mol. The van der Waals surface area contributed by atoms with E-state index in [4.69, 9.17) is 9.47 Å². The lowest BCUT2D eigenvalue weighted by atomic mass is 9.62. The SMILES string of the molecule is Cc1c(C)c(C)c2c(c1C)-c1c(C)c(C)c(C)c(C)c1C1(C=COc3c1ccc1c3CCO1)c1c(C)c(C)c(C)c(C)c1-2. The van der Waals surface area contributed by atoms with Crippen molar-refractivity contribution in [3.05, 3.63) is 113 Å². The third kappa shape index (κ3) is 3.25. The van der Waals surface area contributed by atoms with E-state index in [2.05, 4.69) is 101 Å². The third-order valence-corrected chi connectivity index (χ3v) is 12.1. The molecule has 3 aliphatic rings. The van der Waals surface area contributed by atoms with Gasteiger partial charge in [0.25, 0.3) is 0 Å². The monoisotopic (exact) mass is 568 g/mol. The Labute approximate surface area is 257 Å². The first-order valence-corrected chi connectivity index (χ1v) is 15.8. The molecule has 1 aliphatic carbocycles. The molecule has 0 amide bonds. The highest BCUT2D eigenvalue weighted by molar-refractivity contribution is 6.00. The maximum Gasteiger partial charge on any atom is 0.138 e. The molecule has 2 heterocycles. The molecule has 0 fully saturated rings. The molecular formula is C41H44O2. The van der Waals surface area contributed by atoms with E-state index in [1.165, 1.54) is 111 Å². The van der Waals surface area contributed by atoms with Crippen molar-refractivity contribution in [3.63, 3.8) is 0 Å². The Morgan fingerprint density at radius 1 is 0.512 bits per heavy atom. The summed E-state index contributed by atoms with van der Waals surface area (Å²) in [5.74, 6) is 1.94. The van der Waals surface area contributed by atoms with Gasteiger partial charge in [-0.15, -0.1) is 0 Å². The summed E-state index contributed by atoms with van der Waals surface area (Å²) < 4.78 is 12.6. The van der Waals surface area contributed by atoms with Crippen LogP contribution in [-0.4, -0.2) is 6.61 Å². The zero-order valence-corrected chi connectivity index (χ0v) is 28.0. The van der Waals surface area contributed by atoms with Crippen LogP contribution in [0.5, 0.6) is 11.5 Å². The fourth-order valence-corrected chi connectivity index (χ4v) is 8.72. The first kappa shape index (κ1) is 28.0. The molecule has 7 rings (SSSR count). The highest BCUT2D eigenvalue weighted by atomic mass is 16.5. The fraction of sp³-hybridized carbons (Fsp3) is 0.366. The molecule has 2 aliphatic heterocycles. The molecule has 4 aromatic rings.